The molecule has 1 aromatic carbocycles. The third-order valence-electron chi connectivity index (χ3n) is 1.94. The summed E-state index contributed by atoms with van der Waals surface area (Å²) in [7, 11) is 0. The van der Waals surface area contributed by atoms with Crippen LogP contribution in [0.1, 0.15) is 31.9 Å². The molecule has 0 heterocycles. The zero-order valence-electron chi connectivity index (χ0n) is 8.87. The van der Waals surface area contributed by atoms with Gasteiger partial charge in [-0.2, -0.15) is 5.26 Å². The Labute approximate surface area is 90.1 Å². The molecule has 0 aliphatic rings. The van der Waals surface area contributed by atoms with E-state index >= 15 is 0 Å². The maximum atomic E-state index is 8.99. The van der Waals surface area contributed by atoms with E-state index in [1.165, 1.54) is 5.56 Å². The lowest BCUT2D eigenvalue weighted by Crippen LogP contribution is -1.91. The van der Waals surface area contributed by atoms with Gasteiger partial charge < -0.3 is 0 Å². The van der Waals surface area contributed by atoms with Crippen LogP contribution in [0, 0.1) is 11.3 Å². The molecule has 2 heteroatoms. The third kappa shape index (κ3) is 2.78. The van der Waals surface area contributed by atoms with Crippen molar-refractivity contribution in [2.75, 3.05) is 0 Å². The number of nitriles is 1. The number of nitrogens with zero attached hydrogens (tertiary/aromatic N) is 1. The lowest BCUT2D eigenvalue weighted by Gasteiger charge is -2.07. The van der Waals surface area contributed by atoms with Gasteiger partial charge in [-0.3, -0.25) is 0 Å². The summed E-state index contributed by atoms with van der Waals surface area (Å²) >= 11 is 1.75. The van der Waals surface area contributed by atoms with Crippen LogP contribution >= 0.6 is 11.8 Å². The molecule has 0 radical (unpaired) electrons. The van der Waals surface area contributed by atoms with Gasteiger partial charge >= 0.3 is 0 Å². The van der Waals surface area contributed by atoms with E-state index in [9.17, 15) is 0 Å². The molecule has 1 rings (SSSR count). The summed E-state index contributed by atoms with van der Waals surface area (Å²) < 4.78 is 0. The van der Waals surface area contributed by atoms with Gasteiger partial charge in [-0.05, 0) is 24.1 Å². The van der Waals surface area contributed by atoms with Gasteiger partial charge in [0.2, 0.25) is 0 Å². The zero-order valence-corrected chi connectivity index (χ0v) is 9.69. The Morgan fingerprint density at radius 2 is 2.14 bits per heavy atom. The number of hydrogen-bond donors (Lipinski definition) is 0. The largest absolute Gasteiger partial charge is 0.192 e. The number of aryl methyl sites for hydroxylation is 1. The number of benzene rings is 1. The van der Waals surface area contributed by atoms with Crippen LogP contribution in [0.5, 0.6) is 0 Å². The number of thioether (sulfide) groups is 1. The van der Waals surface area contributed by atoms with Crippen LogP contribution in [-0.2, 0) is 6.42 Å². The first-order chi connectivity index (χ1) is 6.67. The first-order valence-corrected chi connectivity index (χ1v) is 5.75. The highest BCUT2D eigenvalue weighted by Gasteiger charge is 2.05. The molecular weight excluding hydrogens is 190 g/mol. The Kier molecular flexibility index (Phi) is 4.03. The van der Waals surface area contributed by atoms with Crippen molar-refractivity contribution in [2.45, 2.75) is 37.3 Å². The highest BCUT2D eigenvalue weighted by molar-refractivity contribution is 8.00. The van der Waals surface area contributed by atoms with Crippen molar-refractivity contribution in [2.24, 2.45) is 0 Å². The Morgan fingerprint density at radius 1 is 1.43 bits per heavy atom. The third-order valence-corrected chi connectivity index (χ3v) is 3.02. The van der Waals surface area contributed by atoms with Gasteiger partial charge in [-0.25, -0.2) is 0 Å². The minimum absolute atomic E-state index is 0.523. The molecule has 14 heavy (non-hydrogen) atoms. The molecule has 0 aliphatic heterocycles. The van der Waals surface area contributed by atoms with Gasteiger partial charge in [0.15, 0.2) is 0 Å². The van der Waals surface area contributed by atoms with Gasteiger partial charge in [-0.1, -0.05) is 26.8 Å². The van der Waals surface area contributed by atoms with Crippen LogP contribution < -0.4 is 0 Å². The molecule has 0 unspecified atom stereocenters. The van der Waals surface area contributed by atoms with Crippen LogP contribution in [-0.4, -0.2) is 5.25 Å². The second-order valence-electron chi connectivity index (χ2n) is 3.46. The zero-order chi connectivity index (χ0) is 10.6. The molecule has 1 aromatic rings. The molecule has 0 fully saturated rings. The topological polar surface area (TPSA) is 23.8 Å². The molecule has 0 atom stereocenters. The van der Waals surface area contributed by atoms with E-state index < -0.39 is 0 Å². The average Bonchev–Trinajstić information content (AvgIpc) is 2.17. The predicted molar refractivity (Wildman–Crippen MR) is 61.5 cm³/mol. The molecule has 74 valence electrons. The maximum Gasteiger partial charge on any atom is 0.100 e. The second kappa shape index (κ2) is 5.07. The predicted octanol–water partition coefficient (Wildman–Crippen LogP) is 3.62. The molecule has 0 aliphatic carbocycles. The minimum Gasteiger partial charge on any atom is -0.192 e. The molecule has 0 aromatic heterocycles. The van der Waals surface area contributed by atoms with Crippen LogP contribution in [0.4, 0.5) is 0 Å². The Hall–Kier alpha value is -0.940. The van der Waals surface area contributed by atoms with Gasteiger partial charge in [-0.15, -0.1) is 11.8 Å². The van der Waals surface area contributed by atoms with E-state index in [0.29, 0.717) is 5.25 Å². The highest BCUT2D eigenvalue weighted by Crippen LogP contribution is 2.27. The smallest absolute Gasteiger partial charge is 0.100 e. The number of rotatable bonds is 3. The van der Waals surface area contributed by atoms with Crippen LogP contribution in [0.25, 0.3) is 0 Å². The lowest BCUT2D eigenvalue weighted by atomic mass is 10.1. The highest BCUT2D eigenvalue weighted by atomic mass is 32.2. The number of hydrogen-bond acceptors (Lipinski definition) is 2. The van der Waals surface area contributed by atoms with E-state index in [0.717, 1.165) is 16.9 Å². The first kappa shape index (κ1) is 11.1. The lowest BCUT2D eigenvalue weighted by molar-refractivity contribution is 1.10. The van der Waals surface area contributed by atoms with E-state index in [1.54, 1.807) is 11.8 Å². The van der Waals surface area contributed by atoms with E-state index in [4.69, 9.17) is 5.26 Å². The summed E-state index contributed by atoms with van der Waals surface area (Å²) in [6, 6.07) is 8.41. The van der Waals surface area contributed by atoms with E-state index in [-0.39, 0.29) is 0 Å². The molecule has 0 spiro atoms. The van der Waals surface area contributed by atoms with Crippen molar-refractivity contribution in [1.29, 1.82) is 5.26 Å². The summed E-state index contributed by atoms with van der Waals surface area (Å²) in [5, 5.41) is 9.51. The molecule has 0 bridgehead atoms. The normalized spacial score (nSPS) is 10.2. The van der Waals surface area contributed by atoms with Gasteiger partial charge in [0.05, 0.1) is 5.56 Å². The molecule has 0 saturated heterocycles. The Bertz CT molecular complexity index is 350. The minimum atomic E-state index is 0.523. The summed E-state index contributed by atoms with van der Waals surface area (Å²) in [5.74, 6) is 0. The van der Waals surface area contributed by atoms with Crippen molar-refractivity contribution >= 4 is 11.8 Å². The standard InChI is InChI=1S/C12H15NS/c1-4-10-5-6-12(14-9(2)3)11(7-10)8-13/h5-7,9H,4H2,1-3H3. The van der Waals surface area contributed by atoms with E-state index in [2.05, 4.69) is 39.0 Å². The maximum absolute atomic E-state index is 8.99. The first-order valence-electron chi connectivity index (χ1n) is 4.87. The van der Waals surface area contributed by atoms with Crippen molar-refractivity contribution in [3.63, 3.8) is 0 Å². The summed E-state index contributed by atoms with van der Waals surface area (Å²) in [6.45, 7) is 6.38. The fourth-order valence-corrected chi connectivity index (χ4v) is 2.13. The summed E-state index contributed by atoms with van der Waals surface area (Å²) in [6.07, 6.45) is 0.987. The van der Waals surface area contributed by atoms with Crippen molar-refractivity contribution in [3.8, 4) is 6.07 Å². The SMILES string of the molecule is CCc1ccc(SC(C)C)c(C#N)c1. The average molecular weight is 205 g/mol. The molecule has 0 amide bonds. The molecular formula is C12H15NS. The van der Waals surface area contributed by atoms with Crippen LogP contribution in [0.15, 0.2) is 23.1 Å². The van der Waals surface area contributed by atoms with Gasteiger partial charge in [0, 0.05) is 10.1 Å². The van der Waals surface area contributed by atoms with Crippen LogP contribution in [0.2, 0.25) is 0 Å². The van der Waals surface area contributed by atoms with Crippen molar-refractivity contribution in [3.05, 3.63) is 29.3 Å². The van der Waals surface area contributed by atoms with Gasteiger partial charge in [0.1, 0.15) is 6.07 Å². The monoisotopic (exact) mass is 205 g/mol. The fourth-order valence-electron chi connectivity index (χ4n) is 1.24. The van der Waals surface area contributed by atoms with Gasteiger partial charge in [0.25, 0.3) is 0 Å². The van der Waals surface area contributed by atoms with Crippen LogP contribution in [0.3, 0.4) is 0 Å². The second-order valence-corrected chi connectivity index (χ2v) is 5.08. The molecule has 1 nitrogen and oxygen atoms in total. The fraction of sp³-hybridized carbons (Fsp3) is 0.417. The molecule has 0 N–H and O–H groups in total. The summed E-state index contributed by atoms with van der Waals surface area (Å²) in [5.41, 5.74) is 2.04. The molecule has 0 saturated carbocycles. The van der Waals surface area contributed by atoms with Crippen molar-refractivity contribution < 1.29 is 0 Å². The quantitative estimate of drug-likeness (QED) is 0.704. The van der Waals surface area contributed by atoms with Crippen molar-refractivity contribution in [1.82, 2.24) is 0 Å². The van der Waals surface area contributed by atoms with E-state index in [1.807, 2.05) is 6.07 Å². The Balaban J connectivity index is 3.01. The summed E-state index contributed by atoms with van der Waals surface area (Å²) in [4.78, 5) is 1.10. The Morgan fingerprint density at radius 3 is 2.64 bits per heavy atom.